The van der Waals surface area contributed by atoms with Gasteiger partial charge in [-0.3, -0.25) is 4.79 Å². The van der Waals surface area contributed by atoms with E-state index in [0.717, 1.165) is 18.4 Å². The van der Waals surface area contributed by atoms with Crippen LogP contribution in [0.1, 0.15) is 18.4 Å². The number of rotatable bonds is 3. The van der Waals surface area contributed by atoms with Gasteiger partial charge in [-0.05, 0) is 18.4 Å². The number of carbonyl (C=O) groups is 1. The quantitative estimate of drug-likeness (QED) is 0.741. The zero-order valence-electron chi connectivity index (χ0n) is 7.49. The van der Waals surface area contributed by atoms with Crippen molar-refractivity contribution in [3.8, 4) is 0 Å². The number of hydrogen-bond acceptors (Lipinski definition) is 1. The summed E-state index contributed by atoms with van der Waals surface area (Å²) in [4.78, 5) is 11.4. The molecule has 13 heavy (non-hydrogen) atoms. The van der Waals surface area contributed by atoms with E-state index in [1.54, 1.807) is 0 Å². The molecule has 2 heteroatoms. The molecule has 0 aliphatic heterocycles. The SMILES string of the molecule is O=C(Cc1ccccc1)NC1CC1. The molecule has 1 aromatic rings. The molecular weight excluding hydrogens is 162 g/mol. The van der Waals surface area contributed by atoms with Crippen molar-refractivity contribution in [2.45, 2.75) is 25.3 Å². The van der Waals surface area contributed by atoms with Gasteiger partial charge >= 0.3 is 0 Å². The first-order valence-electron chi connectivity index (χ1n) is 4.68. The van der Waals surface area contributed by atoms with E-state index in [2.05, 4.69) is 5.32 Å². The lowest BCUT2D eigenvalue weighted by Gasteiger charge is -2.02. The van der Waals surface area contributed by atoms with Crippen molar-refractivity contribution in [1.29, 1.82) is 0 Å². The standard InChI is InChI=1S/C11H13NO/c13-11(12-10-6-7-10)8-9-4-2-1-3-5-9/h1-5,10H,6-8H2,(H,12,13). The van der Waals surface area contributed by atoms with E-state index in [9.17, 15) is 4.79 Å². The first kappa shape index (κ1) is 8.30. The van der Waals surface area contributed by atoms with Crippen LogP contribution in [0.2, 0.25) is 0 Å². The summed E-state index contributed by atoms with van der Waals surface area (Å²) < 4.78 is 0. The van der Waals surface area contributed by atoms with Crippen LogP contribution in [0.4, 0.5) is 0 Å². The maximum Gasteiger partial charge on any atom is 0.224 e. The van der Waals surface area contributed by atoms with Gasteiger partial charge in [0.1, 0.15) is 0 Å². The minimum Gasteiger partial charge on any atom is -0.353 e. The molecule has 0 bridgehead atoms. The monoisotopic (exact) mass is 175 g/mol. The summed E-state index contributed by atoms with van der Waals surface area (Å²) in [6.07, 6.45) is 2.82. The summed E-state index contributed by atoms with van der Waals surface area (Å²) in [5.41, 5.74) is 1.08. The number of carbonyl (C=O) groups excluding carboxylic acids is 1. The molecule has 0 radical (unpaired) electrons. The summed E-state index contributed by atoms with van der Waals surface area (Å²) in [5, 5.41) is 2.96. The Bertz CT molecular complexity index is 290. The predicted octanol–water partition coefficient (Wildman–Crippen LogP) is 1.51. The molecule has 2 nitrogen and oxygen atoms in total. The van der Waals surface area contributed by atoms with E-state index in [0.29, 0.717) is 12.5 Å². The van der Waals surface area contributed by atoms with Crippen LogP contribution in [0, 0.1) is 0 Å². The fraction of sp³-hybridized carbons (Fsp3) is 0.364. The van der Waals surface area contributed by atoms with Crippen molar-refractivity contribution in [3.05, 3.63) is 35.9 Å². The normalized spacial score (nSPS) is 15.4. The third kappa shape index (κ3) is 2.58. The van der Waals surface area contributed by atoms with Crippen molar-refractivity contribution < 1.29 is 4.79 Å². The van der Waals surface area contributed by atoms with Gasteiger partial charge in [-0.25, -0.2) is 0 Å². The molecule has 1 fully saturated rings. The molecule has 0 atom stereocenters. The molecule has 0 aromatic heterocycles. The zero-order chi connectivity index (χ0) is 9.10. The fourth-order valence-electron chi connectivity index (χ4n) is 1.29. The van der Waals surface area contributed by atoms with Gasteiger partial charge in [-0.1, -0.05) is 30.3 Å². The Morgan fingerprint density at radius 3 is 2.62 bits per heavy atom. The van der Waals surface area contributed by atoms with Crippen LogP contribution in [0.15, 0.2) is 30.3 Å². The maximum atomic E-state index is 11.4. The minimum absolute atomic E-state index is 0.147. The summed E-state index contributed by atoms with van der Waals surface area (Å²) in [7, 11) is 0. The molecular formula is C11H13NO. The molecule has 1 aliphatic carbocycles. The number of hydrogen-bond donors (Lipinski definition) is 1. The Hall–Kier alpha value is -1.31. The van der Waals surface area contributed by atoms with Gasteiger partial charge in [0, 0.05) is 6.04 Å². The van der Waals surface area contributed by atoms with Gasteiger partial charge < -0.3 is 5.32 Å². The molecule has 2 rings (SSSR count). The largest absolute Gasteiger partial charge is 0.353 e. The molecule has 1 N–H and O–H groups in total. The Kier molecular flexibility index (Phi) is 2.30. The highest BCUT2D eigenvalue weighted by molar-refractivity contribution is 5.79. The summed E-state index contributed by atoms with van der Waals surface area (Å²) in [6, 6.07) is 10.3. The van der Waals surface area contributed by atoms with Crippen molar-refractivity contribution in [1.82, 2.24) is 5.32 Å². The Balaban J connectivity index is 1.86. The highest BCUT2D eigenvalue weighted by atomic mass is 16.1. The summed E-state index contributed by atoms with van der Waals surface area (Å²) in [5.74, 6) is 0.147. The van der Waals surface area contributed by atoms with E-state index in [1.165, 1.54) is 0 Å². The molecule has 0 spiro atoms. The van der Waals surface area contributed by atoms with Gasteiger partial charge in [-0.2, -0.15) is 0 Å². The van der Waals surface area contributed by atoms with Gasteiger partial charge in [0.05, 0.1) is 6.42 Å². The van der Waals surface area contributed by atoms with Crippen LogP contribution in [0.25, 0.3) is 0 Å². The summed E-state index contributed by atoms with van der Waals surface area (Å²) in [6.45, 7) is 0. The van der Waals surface area contributed by atoms with E-state index in [4.69, 9.17) is 0 Å². The van der Waals surface area contributed by atoms with Crippen LogP contribution in [-0.4, -0.2) is 11.9 Å². The minimum atomic E-state index is 0.147. The Labute approximate surface area is 78.0 Å². The van der Waals surface area contributed by atoms with Crippen molar-refractivity contribution in [2.75, 3.05) is 0 Å². The topological polar surface area (TPSA) is 29.1 Å². The Morgan fingerprint density at radius 2 is 2.00 bits per heavy atom. The molecule has 68 valence electrons. The summed E-state index contributed by atoms with van der Waals surface area (Å²) >= 11 is 0. The van der Waals surface area contributed by atoms with Gasteiger partial charge in [0.2, 0.25) is 5.91 Å². The van der Waals surface area contributed by atoms with Crippen LogP contribution in [-0.2, 0) is 11.2 Å². The molecule has 1 amide bonds. The number of nitrogens with one attached hydrogen (secondary N) is 1. The molecule has 1 aromatic carbocycles. The maximum absolute atomic E-state index is 11.4. The number of amides is 1. The first-order chi connectivity index (χ1) is 6.34. The van der Waals surface area contributed by atoms with Gasteiger partial charge in [0.15, 0.2) is 0 Å². The van der Waals surface area contributed by atoms with Crippen molar-refractivity contribution in [3.63, 3.8) is 0 Å². The second-order valence-electron chi connectivity index (χ2n) is 3.50. The van der Waals surface area contributed by atoms with Gasteiger partial charge in [-0.15, -0.1) is 0 Å². The average Bonchev–Trinajstić information content (AvgIpc) is 2.90. The molecule has 1 saturated carbocycles. The van der Waals surface area contributed by atoms with E-state index < -0.39 is 0 Å². The number of benzene rings is 1. The second kappa shape index (κ2) is 3.60. The molecule has 0 heterocycles. The van der Waals surface area contributed by atoms with Crippen LogP contribution in [0.5, 0.6) is 0 Å². The first-order valence-corrected chi connectivity index (χ1v) is 4.68. The zero-order valence-corrected chi connectivity index (χ0v) is 7.49. The van der Waals surface area contributed by atoms with Gasteiger partial charge in [0.25, 0.3) is 0 Å². The molecule has 1 aliphatic rings. The lowest BCUT2D eigenvalue weighted by molar-refractivity contribution is -0.120. The highest BCUT2D eigenvalue weighted by Crippen LogP contribution is 2.18. The average molecular weight is 175 g/mol. The lowest BCUT2D eigenvalue weighted by atomic mass is 10.1. The molecule has 0 saturated heterocycles. The van der Waals surface area contributed by atoms with Crippen molar-refractivity contribution in [2.24, 2.45) is 0 Å². The van der Waals surface area contributed by atoms with E-state index in [1.807, 2.05) is 30.3 Å². The van der Waals surface area contributed by atoms with Crippen molar-refractivity contribution >= 4 is 5.91 Å². The fourth-order valence-corrected chi connectivity index (χ4v) is 1.29. The third-order valence-corrected chi connectivity index (χ3v) is 2.15. The highest BCUT2D eigenvalue weighted by Gasteiger charge is 2.22. The van der Waals surface area contributed by atoms with Crippen LogP contribution >= 0.6 is 0 Å². The third-order valence-electron chi connectivity index (χ3n) is 2.15. The predicted molar refractivity (Wildman–Crippen MR) is 51.3 cm³/mol. The molecule has 0 unspecified atom stereocenters. The van der Waals surface area contributed by atoms with Crippen LogP contribution in [0.3, 0.4) is 0 Å². The van der Waals surface area contributed by atoms with Crippen LogP contribution < -0.4 is 5.32 Å². The van der Waals surface area contributed by atoms with E-state index >= 15 is 0 Å². The lowest BCUT2D eigenvalue weighted by Crippen LogP contribution is -2.26. The second-order valence-corrected chi connectivity index (χ2v) is 3.50. The van der Waals surface area contributed by atoms with E-state index in [-0.39, 0.29) is 5.91 Å². The Morgan fingerprint density at radius 1 is 1.31 bits per heavy atom. The smallest absolute Gasteiger partial charge is 0.224 e.